The van der Waals surface area contributed by atoms with Crippen molar-refractivity contribution in [3.8, 4) is 5.75 Å². The Bertz CT molecular complexity index is 944. The summed E-state index contributed by atoms with van der Waals surface area (Å²) in [5.41, 5.74) is 1.29. The molecule has 0 aromatic heterocycles. The average Bonchev–Trinajstić information content (AvgIpc) is 2.79. The Hall–Kier alpha value is -2.03. The van der Waals surface area contributed by atoms with Gasteiger partial charge in [0.15, 0.2) is 0 Å². The van der Waals surface area contributed by atoms with Crippen LogP contribution < -0.4 is 14.8 Å². The summed E-state index contributed by atoms with van der Waals surface area (Å²) in [6, 6.07) is 12.1. The van der Waals surface area contributed by atoms with Crippen LogP contribution in [0.4, 0.5) is 5.69 Å². The van der Waals surface area contributed by atoms with Crippen molar-refractivity contribution in [1.29, 1.82) is 0 Å². The fourth-order valence-corrected chi connectivity index (χ4v) is 4.69. The van der Waals surface area contributed by atoms with Gasteiger partial charge in [-0.25, -0.2) is 13.1 Å². The van der Waals surface area contributed by atoms with Gasteiger partial charge in [-0.15, -0.1) is 11.8 Å². The summed E-state index contributed by atoms with van der Waals surface area (Å²) < 4.78 is 33.6. The number of carbonyl (C=O) groups is 1. The molecule has 0 aliphatic carbocycles. The standard InChI is InChI=1S/C19H22N2O4S2/c1-3-25-17-7-5-4-6-14(17)11-20-27(23,24)15-8-9-18-16(10-15)21-19(22)13(2)12-26-18/h4-10,13,20H,3,11-12H2,1-2H3,(H,21,22)/t13-/m0/s1. The van der Waals surface area contributed by atoms with Crippen LogP contribution in [0.3, 0.4) is 0 Å². The van der Waals surface area contributed by atoms with Crippen LogP contribution in [0.5, 0.6) is 5.75 Å². The molecule has 1 amide bonds. The predicted octanol–water partition coefficient (Wildman–Crippen LogP) is 3.24. The molecule has 0 spiro atoms. The van der Waals surface area contributed by atoms with E-state index in [0.29, 0.717) is 23.8 Å². The Morgan fingerprint density at radius 1 is 1.26 bits per heavy atom. The number of hydrogen-bond acceptors (Lipinski definition) is 5. The molecule has 2 aromatic rings. The molecule has 2 aromatic carbocycles. The van der Waals surface area contributed by atoms with Crippen molar-refractivity contribution in [3.63, 3.8) is 0 Å². The van der Waals surface area contributed by atoms with Gasteiger partial charge < -0.3 is 10.1 Å². The summed E-state index contributed by atoms with van der Waals surface area (Å²) in [6.45, 7) is 4.35. The van der Waals surface area contributed by atoms with Crippen LogP contribution in [0.25, 0.3) is 0 Å². The van der Waals surface area contributed by atoms with Crippen LogP contribution >= 0.6 is 11.8 Å². The number of thioether (sulfide) groups is 1. The maximum absolute atomic E-state index is 12.7. The van der Waals surface area contributed by atoms with Gasteiger partial charge in [-0.3, -0.25) is 4.79 Å². The number of amides is 1. The molecule has 0 radical (unpaired) electrons. The number of nitrogens with one attached hydrogen (secondary N) is 2. The number of rotatable bonds is 6. The Balaban J connectivity index is 1.80. The molecular formula is C19H22N2O4S2. The average molecular weight is 407 g/mol. The molecule has 2 N–H and O–H groups in total. The third-order valence-corrected chi connectivity index (χ3v) is 6.91. The van der Waals surface area contributed by atoms with E-state index in [1.807, 2.05) is 38.1 Å². The van der Waals surface area contributed by atoms with E-state index in [2.05, 4.69) is 10.0 Å². The maximum atomic E-state index is 12.7. The quantitative estimate of drug-likeness (QED) is 0.769. The minimum atomic E-state index is -3.73. The Morgan fingerprint density at radius 3 is 2.81 bits per heavy atom. The van der Waals surface area contributed by atoms with Gasteiger partial charge in [-0.1, -0.05) is 25.1 Å². The van der Waals surface area contributed by atoms with Crippen LogP contribution in [-0.4, -0.2) is 26.7 Å². The normalized spacial score (nSPS) is 17.0. The minimum absolute atomic E-state index is 0.102. The van der Waals surface area contributed by atoms with Crippen LogP contribution in [0.2, 0.25) is 0 Å². The van der Waals surface area contributed by atoms with Crippen molar-refractivity contribution < 1.29 is 17.9 Å². The second kappa shape index (κ2) is 8.33. The van der Waals surface area contributed by atoms with E-state index >= 15 is 0 Å². The molecule has 27 heavy (non-hydrogen) atoms. The van der Waals surface area contributed by atoms with E-state index < -0.39 is 10.0 Å². The molecule has 8 heteroatoms. The first kappa shape index (κ1) is 19.7. The largest absolute Gasteiger partial charge is 0.494 e. The summed E-state index contributed by atoms with van der Waals surface area (Å²) >= 11 is 1.54. The molecule has 0 bridgehead atoms. The molecule has 0 saturated heterocycles. The molecule has 0 saturated carbocycles. The van der Waals surface area contributed by atoms with Gasteiger partial charge in [-0.05, 0) is 31.2 Å². The van der Waals surface area contributed by atoms with Crippen molar-refractivity contribution in [2.45, 2.75) is 30.2 Å². The zero-order chi connectivity index (χ0) is 19.4. The Kier molecular flexibility index (Phi) is 6.08. The third kappa shape index (κ3) is 4.63. The highest BCUT2D eigenvalue weighted by atomic mass is 32.2. The molecule has 1 atom stereocenters. The van der Waals surface area contributed by atoms with Gasteiger partial charge in [0.05, 0.1) is 17.2 Å². The van der Waals surface area contributed by atoms with E-state index in [0.717, 1.165) is 10.5 Å². The molecular weight excluding hydrogens is 384 g/mol. The number of sulfonamides is 1. The SMILES string of the molecule is CCOc1ccccc1CNS(=O)(=O)c1ccc2c(c1)NC(=O)[C@@H](C)CS2. The van der Waals surface area contributed by atoms with Crippen molar-refractivity contribution in [2.75, 3.05) is 17.7 Å². The Labute approximate surface area is 163 Å². The van der Waals surface area contributed by atoms with Gasteiger partial charge in [-0.2, -0.15) is 0 Å². The van der Waals surface area contributed by atoms with E-state index in [9.17, 15) is 13.2 Å². The highest BCUT2D eigenvalue weighted by Crippen LogP contribution is 2.34. The van der Waals surface area contributed by atoms with Gasteiger partial charge >= 0.3 is 0 Å². The third-order valence-electron chi connectivity index (χ3n) is 4.18. The Morgan fingerprint density at radius 2 is 2.04 bits per heavy atom. The van der Waals surface area contributed by atoms with Crippen molar-refractivity contribution >= 4 is 33.4 Å². The van der Waals surface area contributed by atoms with Crippen LogP contribution in [0, 0.1) is 5.92 Å². The smallest absolute Gasteiger partial charge is 0.240 e. The second-order valence-electron chi connectivity index (χ2n) is 6.22. The topological polar surface area (TPSA) is 84.5 Å². The number of fused-ring (bicyclic) bond motifs is 1. The summed E-state index contributed by atoms with van der Waals surface area (Å²) in [5, 5.41) is 2.81. The summed E-state index contributed by atoms with van der Waals surface area (Å²) in [7, 11) is -3.73. The predicted molar refractivity (Wildman–Crippen MR) is 107 cm³/mol. The van der Waals surface area contributed by atoms with Crippen LogP contribution in [0.1, 0.15) is 19.4 Å². The molecule has 0 unspecified atom stereocenters. The fourth-order valence-electron chi connectivity index (χ4n) is 2.65. The summed E-state index contributed by atoms with van der Waals surface area (Å²) in [4.78, 5) is 13.0. The molecule has 1 heterocycles. The zero-order valence-corrected chi connectivity index (χ0v) is 16.8. The first-order valence-electron chi connectivity index (χ1n) is 8.69. The summed E-state index contributed by atoms with van der Waals surface area (Å²) in [5.74, 6) is 1.09. The highest BCUT2D eigenvalue weighted by molar-refractivity contribution is 7.99. The van der Waals surface area contributed by atoms with E-state index in [4.69, 9.17) is 4.74 Å². The van der Waals surface area contributed by atoms with Gasteiger partial charge in [0.25, 0.3) is 0 Å². The van der Waals surface area contributed by atoms with E-state index in [1.54, 1.807) is 23.9 Å². The van der Waals surface area contributed by atoms with Crippen molar-refractivity contribution in [2.24, 2.45) is 5.92 Å². The lowest BCUT2D eigenvalue weighted by molar-refractivity contribution is -0.118. The molecule has 6 nitrogen and oxygen atoms in total. The molecule has 1 aliphatic rings. The lowest BCUT2D eigenvalue weighted by Gasteiger charge is -2.13. The van der Waals surface area contributed by atoms with Crippen molar-refractivity contribution in [1.82, 2.24) is 4.72 Å². The lowest BCUT2D eigenvalue weighted by Crippen LogP contribution is -2.24. The molecule has 3 rings (SSSR count). The number of para-hydroxylation sites is 1. The number of carbonyl (C=O) groups excluding carboxylic acids is 1. The number of ether oxygens (including phenoxy) is 1. The highest BCUT2D eigenvalue weighted by Gasteiger charge is 2.23. The first-order valence-corrected chi connectivity index (χ1v) is 11.2. The zero-order valence-electron chi connectivity index (χ0n) is 15.2. The monoisotopic (exact) mass is 406 g/mol. The summed E-state index contributed by atoms with van der Waals surface area (Å²) in [6.07, 6.45) is 0. The number of hydrogen-bond donors (Lipinski definition) is 2. The maximum Gasteiger partial charge on any atom is 0.240 e. The van der Waals surface area contributed by atoms with Gasteiger partial charge in [0.1, 0.15) is 5.75 Å². The van der Waals surface area contributed by atoms with Crippen LogP contribution in [0.15, 0.2) is 52.3 Å². The van der Waals surface area contributed by atoms with Crippen LogP contribution in [-0.2, 0) is 21.4 Å². The molecule has 0 fully saturated rings. The molecule has 1 aliphatic heterocycles. The first-order chi connectivity index (χ1) is 12.9. The molecule has 144 valence electrons. The van der Waals surface area contributed by atoms with Gasteiger partial charge in [0.2, 0.25) is 15.9 Å². The number of benzene rings is 2. The fraction of sp³-hybridized carbons (Fsp3) is 0.316. The number of anilines is 1. The van der Waals surface area contributed by atoms with E-state index in [-0.39, 0.29) is 23.3 Å². The van der Waals surface area contributed by atoms with Gasteiger partial charge in [0, 0.05) is 28.7 Å². The minimum Gasteiger partial charge on any atom is -0.494 e. The lowest BCUT2D eigenvalue weighted by atomic mass is 10.2. The second-order valence-corrected chi connectivity index (χ2v) is 9.05. The van der Waals surface area contributed by atoms with E-state index in [1.165, 1.54) is 6.07 Å². The van der Waals surface area contributed by atoms with Crippen molar-refractivity contribution in [3.05, 3.63) is 48.0 Å².